The van der Waals surface area contributed by atoms with Crippen molar-refractivity contribution < 1.29 is 12.8 Å². The van der Waals surface area contributed by atoms with Gasteiger partial charge in [0, 0.05) is 18.2 Å². The van der Waals surface area contributed by atoms with E-state index in [9.17, 15) is 12.8 Å². The van der Waals surface area contributed by atoms with E-state index < -0.39 is 10.0 Å². The van der Waals surface area contributed by atoms with Gasteiger partial charge in [-0.2, -0.15) is 0 Å². The van der Waals surface area contributed by atoms with E-state index in [2.05, 4.69) is 9.71 Å². The first kappa shape index (κ1) is 19.8. The van der Waals surface area contributed by atoms with E-state index in [1.165, 1.54) is 6.08 Å². The lowest BCUT2D eigenvalue weighted by Crippen LogP contribution is -2.25. The molecule has 1 saturated carbocycles. The molecule has 0 saturated heterocycles. The van der Waals surface area contributed by atoms with Gasteiger partial charge in [-0.15, -0.1) is 0 Å². The second-order valence-electron chi connectivity index (χ2n) is 7.23. The number of nitrogens with zero attached hydrogens (tertiary/aromatic N) is 2. The van der Waals surface area contributed by atoms with Crippen LogP contribution in [-0.2, 0) is 16.6 Å². The lowest BCUT2D eigenvalue weighted by Gasteiger charge is -2.08. The predicted octanol–water partition coefficient (Wildman–Crippen LogP) is 3.26. The first-order valence-electron chi connectivity index (χ1n) is 9.52. The minimum absolute atomic E-state index is 0.0640. The number of imidazole rings is 1. The van der Waals surface area contributed by atoms with Gasteiger partial charge in [0.05, 0.1) is 22.5 Å². The maximum Gasteiger partial charge on any atom is 0.240 e. The number of allylic oxidation sites excluding steroid dienone is 1. The molecule has 1 aliphatic carbocycles. The highest BCUT2D eigenvalue weighted by Crippen LogP contribution is 2.30. The molecule has 6 nitrogen and oxygen atoms in total. The smallest absolute Gasteiger partial charge is 0.240 e. The molecule has 8 heteroatoms. The topological polar surface area (TPSA) is 90.0 Å². The van der Waals surface area contributed by atoms with Crippen LogP contribution in [0, 0.1) is 6.92 Å². The van der Waals surface area contributed by atoms with Gasteiger partial charge >= 0.3 is 0 Å². The van der Waals surface area contributed by atoms with Crippen LogP contribution in [0.15, 0.2) is 59.3 Å². The van der Waals surface area contributed by atoms with Crippen LogP contribution in [0.25, 0.3) is 22.2 Å². The van der Waals surface area contributed by atoms with Crippen LogP contribution < -0.4 is 10.5 Å². The van der Waals surface area contributed by atoms with Gasteiger partial charge in [-0.3, -0.25) is 0 Å². The van der Waals surface area contributed by atoms with E-state index in [1.54, 1.807) is 28.8 Å². The van der Waals surface area contributed by atoms with Gasteiger partial charge in [0.25, 0.3) is 0 Å². The van der Waals surface area contributed by atoms with Crippen LogP contribution in [0.4, 0.5) is 4.39 Å². The van der Waals surface area contributed by atoms with Gasteiger partial charge in [0.15, 0.2) is 0 Å². The van der Waals surface area contributed by atoms with Gasteiger partial charge in [0.2, 0.25) is 10.0 Å². The molecule has 2 aromatic carbocycles. The number of para-hydroxylation sites is 1. The van der Waals surface area contributed by atoms with Crippen LogP contribution >= 0.6 is 0 Å². The Hall–Kier alpha value is -2.55. The number of hydrogen-bond acceptors (Lipinski definition) is 4. The summed E-state index contributed by atoms with van der Waals surface area (Å²) >= 11 is 0. The Morgan fingerprint density at radius 2 is 2.00 bits per heavy atom. The summed E-state index contributed by atoms with van der Waals surface area (Å²) in [5, 5.41) is 0. The fraction of sp³-hybridized carbons (Fsp3) is 0.286. The third kappa shape index (κ3) is 4.10. The van der Waals surface area contributed by atoms with Crippen molar-refractivity contribution in [1.29, 1.82) is 0 Å². The number of fused-ring (bicyclic) bond motifs is 1. The van der Waals surface area contributed by atoms with Crippen molar-refractivity contribution in [3.8, 4) is 11.1 Å². The number of nitrogens with one attached hydrogen (secondary N) is 1. The van der Waals surface area contributed by atoms with E-state index >= 15 is 0 Å². The highest BCUT2D eigenvalue weighted by atomic mass is 32.2. The third-order valence-electron chi connectivity index (χ3n) is 4.99. The highest BCUT2D eigenvalue weighted by Gasteiger charge is 2.27. The molecule has 0 amide bonds. The molecule has 0 atom stereocenters. The molecule has 0 spiro atoms. The summed E-state index contributed by atoms with van der Waals surface area (Å²) < 4.78 is 43.2. The van der Waals surface area contributed by atoms with E-state index in [1.807, 2.05) is 25.1 Å². The fourth-order valence-electron chi connectivity index (χ4n) is 3.34. The maximum atomic E-state index is 14.0. The van der Waals surface area contributed by atoms with E-state index in [-0.39, 0.29) is 29.9 Å². The number of aromatic nitrogens is 2. The highest BCUT2D eigenvalue weighted by molar-refractivity contribution is 7.89. The lowest BCUT2D eigenvalue weighted by molar-refractivity contribution is 0.553. The van der Waals surface area contributed by atoms with Crippen molar-refractivity contribution >= 4 is 21.1 Å². The number of aryl methyl sites for hydroxylation is 1. The van der Waals surface area contributed by atoms with Crippen LogP contribution in [0.5, 0.6) is 0 Å². The minimum Gasteiger partial charge on any atom is -0.327 e. The molecule has 0 radical (unpaired) electrons. The Labute approximate surface area is 169 Å². The zero-order valence-electron chi connectivity index (χ0n) is 16.1. The summed E-state index contributed by atoms with van der Waals surface area (Å²) in [6.45, 7) is 2.05. The Morgan fingerprint density at radius 1 is 1.28 bits per heavy atom. The normalized spacial score (nSPS) is 15.2. The van der Waals surface area contributed by atoms with Gasteiger partial charge < -0.3 is 10.3 Å². The Morgan fingerprint density at radius 3 is 2.66 bits per heavy atom. The molecule has 1 aromatic heterocycles. The molecular formula is C21H23FN4O2S. The van der Waals surface area contributed by atoms with Crippen LogP contribution in [0.2, 0.25) is 0 Å². The fourth-order valence-corrected chi connectivity index (χ4v) is 4.65. The first-order chi connectivity index (χ1) is 13.9. The molecule has 29 heavy (non-hydrogen) atoms. The second kappa shape index (κ2) is 7.70. The molecule has 0 unspecified atom stereocenters. The number of halogens is 1. The van der Waals surface area contributed by atoms with E-state index in [0.29, 0.717) is 5.82 Å². The first-order valence-corrected chi connectivity index (χ1v) is 11.0. The molecule has 4 rings (SSSR count). The summed E-state index contributed by atoms with van der Waals surface area (Å²) in [6.07, 6.45) is 3.13. The largest absolute Gasteiger partial charge is 0.327 e. The summed E-state index contributed by atoms with van der Waals surface area (Å²) in [4.78, 5) is 4.87. The predicted molar refractivity (Wildman–Crippen MR) is 111 cm³/mol. The number of sulfonamides is 1. The van der Waals surface area contributed by atoms with Crippen molar-refractivity contribution in [2.75, 3.05) is 6.54 Å². The standard InChI is InChI=1S/C21H23FN4O2S/c1-14-24-21-19(3-2-4-20(21)26(14)13-16(22)11-12-23)15-5-9-18(10-6-15)29(27,28)25-17-7-8-17/h2-6,9-11,17,25H,7-8,12-13,23H2,1H3/b16-11-. The van der Waals surface area contributed by atoms with Crippen LogP contribution in [0.1, 0.15) is 18.7 Å². The number of nitrogens with two attached hydrogens (primary N) is 1. The molecule has 3 aromatic rings. The second-order valence-corrected chi connectivity index (χ2v) is 8.94. The number of hydrogen-bond donors (Lipinski definition) is 2. The quantitative estimate of drug-likeness (QED) is 0.621. The summed E-state index contributed by atoms with van der Waals surface area (Å²) in [5.41, 5.74) is 8.67. The molecule has 0 bridgehead atoms. The van der Waals surface area contributed by atoms with Crippen LogP contribution in [-0.4, -0.2) is 30.6 Å². The van der Waals surface area contributed by atoms with Crippen molar-refractivity contribution in [2.24, 2.45) is 5.73 Å². The van der Waals surface area contributed by atoms with Crippen molar-refractivity contribution in [3.05, 3.63) is 60.2 Å². The molecule has 0 aliphatic heterocycles. The Bertz CT molecular complexity index is 1180. The van der Waals surface area contributed by atoms with E-state index in [0.717, 1.165) is 35.0 Å². The number of rotatable bonds is 7. The molecule has 1 aliphatic rings. The molecule has 152 valence electrons. The third-order valence-corrected chi connectivity index (χ3v) is 6.53. The van der Waals surface area contributed by atoms with Gasteiger partial charge in [-0.05, 0) is 49.6 Å². The average Bonchev–Trinajstić information content (AvgIpc) is 3.44. The van der Waals surface area contributed by atoms with Gasteiger partial charge in [-0.25, -0.2) is 22.5 Å². The molecule has 3 N–H and O–H groups in total. The zero-order valence-corrected chi connectivity index (χ0v) is 16.9. The van der Waals surface area contributed by atoms with Crippen molar-refractivity contribution in [3.63, 3.8) is 0 Å². The number of benzene rings is 2. The van der Waals surface area contributed by atoms with Crippen molar-refractivity contribution in [1.82, 2.24) is 14.3 Å². The average molecular weight is 415 g/mol. The lowest BCUT2D eigenvalue weighted by atomic mass is 10.0. The van der Waals surface area contributed by atoms with Crippen LogP contribution in [0.3, 0.4) is 0 Å². The monoisotopic (exact) mass is 414 g/mol. The minimum atomic E-state index is -3.49. The van der Waals surface area contributed by atoms with E-state index in [4.69, 9.17) is 5.73 Å². The Kier molecular flexibility index (Phi) is 5.24. The summed E-state index contributed by atoms with van der Waals surface area (Å²) in [7, 11) is -3.49. The molecule has 1 heterocycles. The van der Waals surface area contributed by atoms with Crippen molar-refractivity contribution in [2.45, 2.75) is 37.2 Å². The van der Waals surface area contributed by atoms with Gasteiger partial charge in [-0.1, -0.05) is 24.3 Å². The summed E-state index contributed by atoms with van der Waals surface area (Å²) in [5.74, 6) is 0.388. The summed E-state index contributed by atoms with van der Waals surface area (Å²) in [6, 6.07) is 12.5. The Balaban J connectivity index is 1.70. The SMILES string of the molecule is Cc1nc2c(-c3ccc(S(=O)(=O)NC4CC4)cc3)cccc2n1C/C(F)=C/CN. The van der Waals surface area contributed by atoms with Gasteiger partial charge in [0.1, 0.15) is 11.7 Å². The maximum absolute atomic E-state index is 14.0. The molecule has 1 fully saturated rings. The molecular weight excluding hydrogens is 391 g/mol. The zero-order chi connectivity index (χ0) is 20.6.